The van der Waals surface area contributed by atoms with Gasteiger partial charge in [0.2, 0.25) is 0 Å². The lowest BCUT2D eigenvalue weighted by atomic mass is 9.59. The third kappa shape index (κ3) is 1.42. The number of carbonyl (C=O) groups excluding carboxylic acids is 1. The first-order valence-electron chi connectivity index (χ1n) is 7.06. The minimum absolute atomic E-state index is 0.0465. The first-order valence-corrected chi connectivity index (χ1v) is 7.06. The highest BCUT2D eigenvalue weighted by molar-refractivity contribution is 5.77. The van der Waals surface area contributed by atoms with Gasteiger partial charge in [-0.1, -0.05) is 48.5 Å². The minimum atomic E-state index is -0.0796. The quantitative estimate of drug-likeness (QED) is 0.737. The molecule has 0 N–H and O–H groups in total. The Balaban J connectivity index is 1.95. The van der Waals surface area contributed by atoms with Crippen LogP contribution >= 0.6 is 0 Å². The number of fused-ring (bicyclic) bond motifs is 1. The Bertz CT molecular complexity index is 642. The molecule has 2 aromatic carbocycles. The van der Waals surface area contributed by atoms with Gasteiger partial charge in [0.05, 0.1) is 13.0 Å². The Labute approximate surface area is 118 Å². The molecule has 5 rings (SSSR count). The Morgan fingerprint density at radius 1 is 0.950 bits per heavy atom. The van der Waals surface area contributed by atoms with Crippen molar-refractivity contribution in [1.29, 1.82) is 0 Å². The molecule has 3 aliphatic rings. The second kappa shape index (κ2) is 4.20. The largest absolute Gasteiger partial charge is 0.469 e. The van der Waals surface area contributed by atoms with Crippen LogP contribution in [0.3, 0.4) is 0 Å². The van der Waals surface area contributed by atoms with E-state index in [1.807, 2.05) is 0 Å². The SMILES string of the molecule is COC(=O)C1CC2c3ccccc3C1c1ccccc12. The average molecular weight is 264 g/mol. The highest BCUT2D eigenvalue weighted by Crippen LogP contribution is 2.55. The zero-order valence-electron chi connectivity index (χ0n) is 11.4. The summed E-state index contributed by atoms with van der Waals surface area (Å²) in [6.07, 6.45) is 0.866. The summed E-state index contributed by atoms with van der Waals surface area (Å²) in [6.45, 7) is 0. The summed E-state index contributed by atoms with van der Waals surface area (Å²) in [5, 5.41) is 0. The standard InChI is InChI=1S/C18H16O2/c1-20-18(19)16-10-15-11-6-2-4-8-13(11)17(16)14-9-5-3-7-12(14)15/h2-9,15-17H,10H2,1H3. The van der Waals surface area contributed by atoms with Crippen molar-refractivity contribution in [2.24, 2.45) is 5.92 Å². The monoisotopic (exact) mass is 264 g/mol. The van der Waals surface area contributed by atoms with Gasteiger partial charge in [-0.05, 0) is 28.7 Å². The molecule has 0 saturated carbocycles. The summed E-state index contributed by atoms with van der Waals surface area (Å²) < 4.78 is 5.03. The van der Waals surface area contributed by atoms with E-state index in [1.54, 1.807) is 0 Å². The van der Waals surface area contributed by atoms with E-state index in [2.05, 4.69) is 48.5 Å². The normalized spacial score (nSPS) is 25.8. The number of benzene rings is 2. The molecule has 20 heavy (non-hydrogen) atoms. The summed E-state index contributed by atoms with van der Waals surface area (Å²) in [5.41, 5.74) is 5.38. The van der Waals surface area contributed by atoms with E-state index < -0.39 is 0 Å². The van der Waals surface area contributed by atoms with Crippen LogP contribution in [-0.2, 0) is 9.53 Å². The molecule has 2 bridgehead atoms. The Morgan fingerprint density at radius 2 is 1.45 bits per heavy atom. The Morgan fingerprint density at radius 3 is 1.95 bits per heavy atom. The highest BCUT2D eigenvalue weighted by Gasteiger charge is 2.46. The van der Waals surface area contributed by atoms with Crippen LogP contribution < -0.4 is 0 Å². The predicted molar refractivity (Wildman–Crippen MR) is 76.7 cm³/mol. The zero-order chi connectivity index (χ0) is 13.7. The molecular formula is C18H16O2. The summed E-state index contributed by atoms with van der Waals surface area (Å²) >= 11 is 0. The fourth-order valence-corrected chi connectivity index (χ4v) is 4.02. The van der Waals surface area contributed by atoms with Gasteiger partial charge in [-0.3, -0.25) is 4.79 Å². The molecule has 0 fully saturated rings. The number of esters is 1. The van der Waals surface area contributed by atoms with Crippen molar-refractivity contribution >= 4 is 5.97 Å². The van der Waals surface area contributed by atoms with Crippen molar-refractivity contribution in [1.82, 2.24) is 0 Å². The molecule has 2 nitrogen and oxygen atoms in total. The average Bonchev–Trinajstić information content (AvgIpc) is 2.54. The van der Waals surface area contributed by atoms with Gasteiger partial charge in [0.25, 0.3) is 0 Å². The number of hydrogen-bond donors (Lipinski definition) is 0. The topological polar surface area (TPSA) is 26.3 Å². The van der Waals surface area contributed by atoms with Crippen LogP contribution in [0.2, 0.25) is 0 Å². The van der Waals surface area contributed by atoms with Gasteiger partial charge < -0.3 is 4.74 Å². The van der Waals surface area contributed by atoms with Crippen LogP contribution in [0.1, 0.15) is 40.5 Å². The minimum Gasteiger partial charge on any atom is -0.469 e. The molecule has 2 heteroatoms. The summed E-state index contributed by atoms with van der Waals surface area (Å²) in [6, 6.07) is 17.1. The summed E-state index contributed by atoms with van der Waals surface area (Å²) in [7, 11) is 1.49. The number of rotatable bonds is 1. The first-order chi connectivity index (χ1) is 9.81. The van der Waals surface area contributed by atoms with Crippen molar-refractivity contribution in [2.45, 2.75) is 18.3 Å². The second-order valence-electron chi connectivity index (χ2n) is 5.65. The molecule has 0 aromatic heterocycles. The van der Waals surface area contributed by atoms with Gasteiger partial charge in [-0.2, -0.15) is 0 Å². The van der Waals surface area contributed by atoms with Crippen molar-refractivity contribution in [3.63, 3.8) is 0 Å². The van der Waals surface area contributed by atoms with Gasteiger partial charge in [0.1, 0.15) is 0 Å². The lowest BCUT2D eigenvalue weighted by Gasteiger charge is -2.44. The lowest BCUT2D eigenvalue weighted by molar-refractivity contribution is -0.146. The van der Waals surface area contributed by atoms with E-state index in [1.165, 1.54) is 29.4 Å². The van der Waals surface area contributed by atoms with Crippen LogP contribution in [0, 0.1) is 5.92 Å². The molecule has 2 aromatic rings. The maximum Gasteiger partial charge on any atom is 0.309 e. The van der Waals surface area contributed by atoms with E-state index in [-0.39, 0.29) is 17.8 Å². The van der Waals surface area contributed by atoms with Gasteiger partial charge in [0.15, 0.2) is 0 Å². The van der Waals surface area contributed by atoms with Gasteiger partial charge in [-0.25, -0.2) is 0 Å². The third-order valence-electron chi connectivity index (χ3n) is 4.81. The van der Waals surface area contributed by atoms with E-state index in [9.17, 15) is 4.79 Å². The lowest BCUT2D eigenvalue weighted by Crippen LogP contribution is -2.36. The van der Waals surface area contributed by atoms with Crippen LogP contribution in [0.25, 0.3) is 0 Å². The fourth-order valence-electron chi connectivity index (χ4n) is 4.02. The molecule has 1 unspecified atom stereocenters. The second-order valence-corrected chi connectivity index (χ2v) is 5.65. The van der Waals surface area contributed by atoms with Gasteiger partial charge >= 0.3 is 5.97 Å². The van der Waals surface area contributed by atoms with Gasteiger partial charge in [-0.15, -0.1) is 0 Å². The van der Waals surface area contributed by atoms with Crippen LogP contribution in [-0.4, -0.2) is 13.1 Å². The number of methoxy groups -OCH3 is 1. The third-order valence-corrected chi connectivity index (χ3v) is 4.81. The number of carbonyl (C=O) groups is 1. The van der Waals surface area contributed by atoms with Crippen molar-refractivity contribution in [2.75, 3.05) is 7.11 Å². The molecule has 100 valence electrons. The molecular weight excluding hydrogens is 248 g/mol. The smallest absolute Gasteiger partial charge is 0.309 e. The van der Waals surface area contributed by atoms with Crippen LogP contribution in [0.5, 0.6) is 0 Å². The summed E-state index contributed by atoms with van der Waals surface area (Å²) in [4.78, 5) is 12.2. The van der Waals surface area contributed by atoms with Crippen molar-refractivity contribution in [3.05, 3.63) is 70.8 Å². The molecule has 0 radical (unpaired) electrons. The molecule has 0 aliphatic heterocycles. The molecule has 0 amide bonds. The molecule has 0 heterocycles. The molecule has 0 saturated heterocycles. The van der Waals surface area contributed by atoms with E-state index in [4.69, 9.17) is 4.74 Å². The van der Waals surface area contributed by atoms with Crippen molar-refractivity contribution < 1.29 is 9.53 Å². The van der Waals surface area contributed by atoms with Crippen molar-refractivity contribution in [3.8, 4) is 0 Å². The highest BCUT2D eigenvalue weighted by atomic mass is 16.5. The summed E-state index contributed by atoms with van der Waals surface area (Å²) in [5.74, 6) is 0.357. The van der Waals surface area contributed by atoms with E-state index in [0.29, 0.717) is 5.92 Å². The van der Waals surface area contributed by atoms with Crippen LogP contribution in [0.15, 0.2) is 48.5 Å². The fraction of sp³-hybridized carbons (Fsp3) is 0.278. The maximum atomic E-state index is 12.2. The Kier molecular flexibility index (Phi) is 2.46. The number of ether oxygens (including phenoxy) is 1. The van der Waals surface area contributed by atoms with Crippen LogP contribution in [0.4, 0.5) is 0 Å². The number of hydrogen-bond acceptors (Lipinski definition) is 2. The van der Waals surface area contributed by atoms with E-state index >= 15 is 0 Å². The molecule has 1 atom stereocenters. The predicted octanol–water partition coefficient (Wildman–Crippen LogP) is 3.46. The van der Waals surface area contributed by atoms with E-state index in [0.717, 1.165) is 6.42 Å². The molecule has 3 aliphatic carbocycles. The first kappa shape index (κ1) is 11.7. The Hall–Kier alpha value is -2.09. The molecule has 0 spiro atoms. The van der Waals surface area contributed by atoms with Gasteiger partial charge in [0, 0.05) is 11.8 Å². The maximum absolute atomic E-state index is 12.2. The zero-order valence-corrected chi connectivity index (χ0v) is 11.4.